The molecule has 0 unspecified atom stereocenters. The Morgan fingerprint density at radius 3 is 2.54 bits per heavy atom. The summed E-state index contributed by atoms with van der Waals surface area (Å²) in [6, 6.07) is 0. The van der Waals surface area contributed by atoms with Gasteiger partial charge in [-0.3, -0.25) is 0 Å². The first-order valence-corrected chi connectivity index (χ1v) is 4.60. The van der Waals surface area contributed by atoms with Gasteiger partial charge in [-0.05, 0) is 36.8 Å². The lowest BCUT2D eigenvalue weighted by molar-refractivity contribution is 0.543. The van der Waals surface area contributed by atoms with Gasteiger partial charge in [0.2, 0.25) is 0 Å². The maximum absolute atomic E-state index is 12.8. The topological polar surface area (TPSA) is 0 Å². The van der Waals surface area contributed by atoms with Crippen molar-refractivity contribution in [1.29, 1.82) is 0 Å². The van der Waals surface area contributed by atoms with Crippen molar-refractivity contribution in [2.75, 3.05) is 0 Å². The summed E-state index contributed by atoms with van der Waals surface area (Å²) in [4.78, 5) is 0. The fourth-order valence-corrected chi connectivity index (χ4v) is 1.75. The summed E-state index contributed by atoms with van der Waals surface area (Å²) in [5, 5.41) is 0. The molecule has 0 radical (unpaired) electrons. The molecule has 0 amide bonds. The van der Waals surface area contributed by atoms with Crippen molar-refractivity contribution in [3.05, 3.63) is 35.5 Å². The molecule has 0 aromatic heterocycles. The Morgan fingerprint density at radius 2 is 1.92 bits per heavy atom. The standard InChI is InChI=1S/C11H12F2/c1-7-6-9(7)8-2-4-10(12)11(13)5-3-8/h2,4-5,7,9H,3,6H2,1H3/t7-,9-/m1/s1. The second-order valence-corrected chi connectivity index (χ2v) is 3.83. The minimum absolute atomic E-state index is 0.560. The van der Waals surface area contributed by atoms with Gasteiger partial charge in [0.1, 0.15) is 0 Å². The minimum atomic E-state index is -0.747. The Balaban J connectivity index is 2.16. The second kappa shape index (κ2) is 3.09. The SMILES string of the molecule is C[C@@H]1C[C@H]1C1=CC=C(F)C(F)=CC1. The lowest BCUT2D eigenvalue weighted by Gasteiger charge is -1.99. The van der Waals surface area contributed by atoms with Crippen LogP contribution in [-0.2, 0) is 0 Å². The summed E-state index contributed by atoms with van der Waals surface area (Å²) in [6.07, 6.45) is 6.02. The third-order valence-corrected chi connectivity index (χ3v) is 2.77. The van der Waals surface area contributed by atoms with E-state index >= 15 is 0 Å². The fraction of sp³-hybridized carbons (Fsp3) is 0.455. The van der Waals surface area contributed by atoms with Crippen LogP contribution in [0.2, 0.25) is 0 Å². The summed E-state index contributed by atoms with van der Waals surface area (Å²) in [6.45, 7) is 2.16. The van der Waals surface area contributed by atoms with E-state index in [2.05, 4.69) is 6.92 Å². The fourth-order valence-electron chi connectivity index (χ4n) is 1.75. The van der Waals surface area contributed by atoms with E-state index < -0.39 is 11.7 Å². The van der Waals surface area contributed by atoms with Gasteiger partial charge in [0.05, 0.1) is 0 Å². The number of hydrogen-bond donors (Lipinski definition) is 0. The van der Waals surface area contributed by atoms with Gasteiger partial charge in [-0.15, -0.1) is 0 Å². The third-order valence-electron chi connectivity index (χ3n) is 2.77. The van der Waals surface area contributed by atoms with Crippen molar-refractivity contribution in [1.82, 2.24) is 0 Å². The molecule has 1 saturated carbocycles. The van der Waals surface area contributed by atoms with Crippen LogP contribution in [-0.4, -0.2) is 0 Å². The molecule has 2 heteroatoms. The highest BCUT2D eigenvalue weighted by Gasteiger charge is 2.35. The van der Waals surface area contributed by atoms with Crippen molar-refractivity contribution in [2.45, 2.75) is 19.8 Å². The smallest absolute Gasteiger partial charge is 0.158 e. The maximum Gasteiger partial charge on any atom is 0.158 e. The van der Waals surface area contributed by atoms with Gasteiger partial charge in [-0.2, -0.15) is 0 Å². The predicted molar refractivity (Wildman–Crippen MR) is 48.4 cm³/mol. The van der Waals surface area contributed by atoms with Gasteiger partial charge in [-0.25, -0.2) is 8.78 Å². The van der Waals surface area contributed by atoms with Gasteiger partial charge in [0, 0.05) is 0 Å². The molecule has 0 aliphatic heterocycles. The average molecular weight is 182 g/mol. The lowest BCUT2D eigenvalue weighted by atomic mass is 10.1. The molecule has 2 atom stereocenters. The molecule has 0 spiro atoms. The van der Waals surface area contributed by atoms with Crippen molar-refractivity contribution in [3.63, 3.8) is 0 Å². The van der Waals surface area contributed by atoms with Crippen LogP contribution >= 0.6 is 0 Å². The van der Waals surface area contributed by atoms with Gasteiger partial charge in [-0.1, -0.05) is 18.6 Å². The van der Waals surface area contributed by atoms with E-state index in [4.69, 9.17) is 0 Å². The summed E-state index contributed by atoms with van der Waals surface area (Å²) in [7, 11) is 0. The summed E-state index contributed by atoms with van der Waals surface area (Å²) in [5.74, 6) is -0.216. The van der Waals surface area contributed by atoms with Crippen LogP contribution in [0.1, 0.15) is 19.8 Å². The van der Waals surface area contributed by atoms with Crippen molar-refractivity contribution >= 4 is 0 Å². The van der Waals surface area contributed by atoms with Crippen LogP contribution < -0.4 is 0 Å². The molecule has 0 bridgehead atoms. The zero-order valence-electron chi connectivity index (χ0n) is 7.56. The molecule has 0 saturated heterocycles. The molecule has 0 N–H and O–H groups in total. The van der Waals surface area contributed by atoms with Crippen LogP contribution in [0.15, 0.2) is 35.5 Å². The summed E-state index contributed by atoms with van der Waals surface area (Å²) >= 11 is 0. The number of halogens is 2. The molecule has 0 nitrogen and oxygen atoms in total. The summed E-state index contributed by atoms with van der Waals surface area (Å²) < 4.78 is 25.5. The molecule has 1 fully saturated rings. The quantitative estimate of drug-likeness (QED) is 0.580. The first-order valence-electron chi connectivity index (χ1n) is 4.60. The van der Waals surface area contributed by atoms with Crippen molar-refractivity contribution < 1.29 is 8.78 Å². The van der Waals surface area contributed by atoms with Crippen molar-refractivity contribution in [2.24, 2.45) is 11.8 Å². The Kier molecular flexibility index (Phi) is 2.06. The molecule has 13 heavy (non-hydrogen) atoms. The van der Waals surface area contributed by atoms with E-state index in [1.54, 1.807) is 6.08 Å². The Hall–Kier alpha value is -0.920. The highest BCUT2D eigenvalue weighted by Crippen LogP contribution is 2.45. The molecule has 0 aromatic rings. The highest BCUT2D eigenvalue weighted by molar-refractivity contribution is 5.33. The van der Waals surface area contributed by atoms with E-state index in [0.29, 0.717) is 18.3 Å². The number of hydrogen-bond acceptors (Lipinski definition) is 0. The monoisotopic (exact) mass is 182 g/mol. The normalized spacial score (nSPS) is 33.0. The average Bonchev–Trinajstić information content (AvgIpc) is 2.82. The van der Waals surface area contributed by atoms with E-state index in [1.165, 1.54) is 12.2 Å². The number of allylic oxidation sites excluding steroid dienone is 6. The Labute approximate surface area is 76.6 Å². The van der Waals surface area contributed by atoms with Gasteiger partial charge >= 0.3 is 0 Å². The van der Waals surface area contributed by atoms with E-state index in [1.807, 2.05) is 0 Å². The van der Waals surface area contributed by atoms with Crippen LogP contribution in [0.3, 0.4) is 0 Å². The summed E-state index contributed by atoms with van der Waals surface area (Å²) in [5.41, 5.74) is 1.16. The molecular weight excluding hydrogens is 170 g/mol. The molecule has 2 aliphatic rings. The van der Waals surface area contributed by atoms with E-state index in [9.17, 15) is 8.78 Å². The second-order valence-electron chi connectivity index (χ2n) is 3.83. The maximum atomic E-state index is 12.8. The molecule has 70 valence electrons. The third kappa shape index (κ3) is 1.71. The lowest BCUT2D eigenvalue weighted by Crippen LogP contribution is -1.85. The molecule has 0 heterocycles. The van der Waals surface area contributed by atoms with Crippen LogP contribution in [0, 0.1) is 11.8 Å². The Bertz CT molecular complexity index is 310. The molecule has 0 aromatic carbocycles. The highest BCUT2D eigenvalue weighted by atomic mass is 19.2. The Morgan fingerprint density at radius 1 is 1.23 bits per heavy atom. The van der Waals surface area contributed by atoms with Crippen molar-refractivity contribution in [3.8, 4) is 0 Å². The molecular formula is C11H12F2. The van der Waals surface area contributed by atoms with Crippen LogP contribution in [0.4, 0.5) is 8.78 Å². The van der Waals surface area contributed by atoms with Gasteiger partial charge in [0.25, 0.3) is 0 Å². The predicted octanol–water partition coefficient (Wildman–Crippen LogP) is 3.68. The van der Waals surface area contributed by atoms with Crippen LogP contribution in [0.25, 0.3) is 0 Å². The molecule has 2 aliphatic carbocycles. The first kappa shape index (κ1) is 8.67. The number of rotatable bonds is 1. The van der Waals surface area contributed by atoms with Crippen LogP contribution in [0.5, 0.6) is 0 Å². The minimum Gasteiger partial charge on any atom is -0.204 e. The largest absolute Gasteiger partial charge is 0.204 e. The zero-order chi connectivity index (χ0) is 9.42. The zero-order valence-corrected chi connectivity index (χ0v) is 7.56. The first-order chi connectivity index (χ1) is 6.18. The van der Waals surface area contributed by atoms with Gasteiger partial charge in [0.15, 0.2) is 11.7 Å². The van der Waals surface area contributed by atoms with Gasteiger partial charge < -0.3 is 0 Å². The van der Waals surface area contributed by atoms with E-state index in [0.717, 1.165) is 12.0 Å². The van der Waals surface area contributed by atoms with E-state index in [-0.39, 0.29) is 0 Å². The molecule has 2 rings (SSSR count).